The molecular formula is C26H18N2O4. The van der Waals surface area contributed by atoms with Crippen molar-refractivity contribution in [1.82, 2.24) is 0 Å². The second-order valence-corrected chi connectivity index (χ2v) is 6.94. The minimum Gasteiger partial charge on any atom is -0.506 e. The molecular weight excluding hydrogens is 404 g/mol. The zero-order valence-corrected chi connectivity index (χ0v) is 16.8. The second-order valence-electron chi connectivity index (χ2n) is 6.94. The van der Waals surface area contributed by atoms with E-state index >= 15 is 0 Å². The first-order chi connectivity index (χ1) is 15.4. The molecule has 0 fully saturated rings. The van der Waals surface area contributed by atoms with Crippen molar-refractivity contribution in [2.24, 2.45) is 0 Å². The molecule has 0 heterocycles. The van der Waals surface area contributed by atoms with Crippen molar-refractivity contribution >= 4 is 22.1 Å². The van der Waals surface area contributed by atoms with Crippen LogP contribution in [0, 0.1) is 24.7 Å². The topological polar surface area (TPSA) is 111 Å². The number of phenols is 2. The predicted octanol–water partition coefficient (Wildman–Crippen LogP) is 4.96. The molecule has 0 saturated heterocycles. The first-order valence-electron chi connectivity index (χ1n) is 9.46. The number of nitrogens with two attached hydrogens (primary N) is 2. The standard InChI is InChI=1S/C26H18N2O4/c1-3-15-11-26(32-18-7-10-23(28)25(30)14-18)19(4-2)20-8-5-16(12-21(15)20)31-17-6-9-22(27)24(29)13-17/h1-2,5-14,29-30H,27-28H2. The number of terminal acetylenes is 2. The Balaban J connectivity index is 1.77. The fraction of sp³-hybridized carbons (Fsp3) is 0. The van der Waals surface area contributed by atoms with Gasteiger partial charge in [-0.1, -0.05) is 11.8 Å². The van der Waals surface area contributed by atoms with Crippen molar-refractivity contribution in [2.45, 2.75) is 0 Å². The van der Waals surface area contributed by atoms with Gasteiger partial charge in [0.1, 0.15) is 34.5 Å². The van der Waals surface area contributed by atoms with Crippen LogP contribution in [0.1, 0.15) is 11.1 Å². The zero-order valence-electron chi connectivity index (χ0n) is 16.8. The minimum atomic E-state index is -0.0989. The van der Waals surface area contributed by atoms with Gasteiger partial charge in [0.05, 0.1) is 16.9 Å². The Hall–Kier alpha value is -4.94. The fourth-order valence-electron chi connectivity index (χ4n) is 3.23. The molecule has 0 bridgehead atoms. The van der Waals surface area contributed by atoms with Gasteiger partial charge in [-0.05, 0) is 48.5 Å². The molecule has 0 atom stereocenters. The summed E-state index contributed by atoms with van der Waals surface area (Å²) in [6, 6.07) is 16.1. The Kier molecular flexibility index (Phi) is 5.12. The molecule has 6 nitrogen and oxygen atoms in total. The summed E-state index contributed by atoms with van der Waals surface area (Å²) in [6.07, 6.45) is 11.5. The van der Waals surface area contributed by atoms with Crippen molar-refractivity contribution in [2.75, 3.05) is 11.5 Å². The van der Waals surface area contributed by atoms with Crippen LogP contribution in [0.3, 0.4) is 0 Å². The highest BCUT2D eigenvalue weighted by molar-refractivity contribution is 5.96. The van der Waals surface area contributed by atoms with Crippen LogP contribution in [-0.2, 0) is 0 Å². The summed E-state index contributed by atoms with van der Waals surface area (Å²) in [7, 11) is 0. The summed E-state index contributed by atoms with van der Waals surface area (Å²) in [6.45, 7) is 0. The van der Waals surface area contributed by atoms with E-state index in [1.807, 2.05) is 0 Å². The van der Waals surface area contributed by atoms with Crippen LogP contribution in [0.15, 0.2) is 60.7 Å². The molecule has 0 aliphatic rings. The van der Waals surface area contributed by atoms with Crippen molar-refractivity contribution in [3.05, 3.63) is 71.8 Å². The van der Waals surface area contributed by atoms with Gasteiger partial charge in [0.2, 0.25) is 0 Å². The van der Waals surface area contributed by atoms with Gasteiger partial charge in [0.15, 0.2) is 0 Å². The third-order valence-corrected chi connectivity index (χ3v) is 4.84. The number of aromatic hydroxyl groups is 2. The molecule has 0 aromatic heterocycles. The largest absolute Gasteiger partial charge is 0.506 e. The molecule has 32 heavy (non-hydrogen) atoms. The molecule has 0 saturated carbocycles. The van der Waals surface area contributed by atoms with Crippen molar-refractivity contribution < 1.29 is 19.7 Å². The Labute approximate surface area is 184 Å². The number of anilines is 2. The second kappa shape index (κ2) is 8.06. The van der Waals surface area contributed by atoms with Gasteiger partial charge in [-0.25, -0.2) is 0 Å². The number of rotatable bonds is 4. The van der Waals surface area contributed by atoms with E-state index in [9.17, 15) is 10.2 Å². The first-order valence-corrected chi connectivity index (χ1v) is 9.46. The summed E-state index contributed by atoms with van der Waals surface area (Å²) in [4.78, 5) is 0. The Morgan fingerprint density at radius 1 is 0.656 bits per heavy atom. The summed E-state index contributed by atoms with van der Waals surface area (Å²) in [5, 5.41) is 21.0. The molecule has 4 aromatic carbocycles. The molecule has 0 aliphatic heterocycles. The lowest BCUT2D eigenvalue weighted by molar-refractivity contribution is 0.455. The predicted molar refractivity (Wildman–Crippen MR) is 125 cm³/mol. The zero-order chi connectivity index (χ0) is 22.8. The number of hydrogen-bond acceptors (Lipinski definition) is 6. The molecule has 156 valence electrons. The lowest BCUT2D eigenvalue weighted by Gasteiger charge is -2.14. The molecule has 6 heteroatoms. The Morgan fingerprint density at radius 2 is 1.22 bits per heavy atom. The minimum absolute atomic E-state index is 0.0716. The summed E-state index contributed by atoms with van der Waals surface area (Å²) < 4.78 is 11.8. The smallest absolute Gasteiger partial charge is 0.144 e. The molecule has 4 aromatic rings. The first kappa shape index (κ1) is 20.3. The normalized spacial score (nSPS) is 10.3. The van der Waals surface area contributed by atoms with Gasteiger partial charge >= 0.3 is 0 Å². The molecule has 0 spiro atoms. The van der Waals surface area contributed by atoms with Crippen LogP contribution < -0.4 is 20.9 Å². The van der Waals surface area contributed by atoms with E-state index in [1.165, 1.54) is 18.2 Å². The van der Waals surface area contributed by atoms with Crippen LogP contribution in [-0.4, -0.2) is 10.2 Å². The molecule has 4 rings (SSSR count). The average molecular weight is 422 g/mol. The van der Waals surface area contributed by atoms with E-state index in [4.69, 9.17) is 33.8 Å². The lowest BCUT2D eigenvalue weighted by atomic mass is 9.98. The number of hydrogen-bond donors (Lipinski definition) is 4. The Morgan fingerprint density at radius 3 is 1.78 bits per heavy atom. The van der Waals surface area contributed by atoms with E-state index < -0.39 is 0 Å². The van der Waals surface area contributed by atoms with E-state index in [0.717, 1.165) is 0 Å². The third-order valence-electron chi connectivity index (χ3n) is 4.84. The van der Waals surface area contributed by atoms with Crippen molar-refractivity contribution in [3.8, 4) is 59.2 Å². The number of ether oxygens (including phenoxy) is 2. The summed E-state index contributed by atoms with van der Waals surface area (Å²) in [5.74, 6) is 6.77. The number of fused-ring (bicyclic) bond motifs is 1. The van der Waals surface area contributed by atoms with Crippen LogP contribution in [0.4, 0.5) is 11.4 Å². The number of benzene rings is 4. The SMILES string of the molecule is C#Cc1cc(Oc2ccc(N)c(O)c2)c(C#C)c2ccc(Oc3ccc(N)c(O)c3)cc12. The average Bonchev–Trinajstić information content (AvgIpc) is 2.78. The van der Waals surface area contributed by atoms with E-state index in [1.54, 1.807) is 42.5 Å². The van der Waals surface area contributed by atoms with Crippen molar-refractivity contribution in [1.29, 1.82) is 0 Å². The summed E-state index contributed by atoms with van der Waals surface area (Å²) in [5.41, 5.74) is 12.8. The van der Waals surface area contributed by atoms with Gasteiger partial charge in [-0.2, -0.15) is 0 Å². The van der Waals surface area contributed by atoms with Crippen LogP contribution in [0.25, 0.3) is 10.8 Å². The fourth-order valence-corrected chi connectivity index (χ4v) is 3.23. The number of nitrogen functional groups attached to an aromatic ring is 2. The highest BCUT2D eigenvalue weighted by Gasteiger charge is 2.14. The van der Waals surface area contributed by atoms with E-state index in [2.05, 4.69) is 11.8 Å². The molecule has 0 radical (unpaired) electrons. The molecule has 0 aliphatic carbocycles. The lowest BCUT2D eigenvalue weighted by Crippen LogP contribution is -1.94. The van der Waals surface area contributed by atoms with Crippen LogP contribution in [0.2, 0.25) is 0 Å². The van der Waals surface area contributed by atoms with E-state index in [-0.39, 0.29) is 22.9 Å². The maximum atomic E-state index is 9.85. The van der Waals surface area contributed by atoms with Gasteiger partial charge in [-0.3, -0.25) is 0 Å². The van der Waals surface area contributed by atoms with Crippen LogP contribution >= 0.6 is 0 Å². The van der Waals surface area contributed by atoms with Crippen molar-refractivity contribution in [3.63, 3.8) is 0 Å². The van der Waals surface area contributed by atoms with Crippen LogP contribution in [0.5, 0.6) is 34.5 Å². The molecule has 6 N–H and O–H groups in total. The van der Waals surface area contributed by atoms with E-state index in [0.29, 0.717) is 44.9 Å². The van der Waals surface area contributed by atoms with Gasteiger partial charge < -0.3 is 31.2 Å². The van der Waals surface area contributed by atoms with Gasteiger partial charge in [-0.15, -0.1) is 12.8 Å². The quantitative estimate of drug-likeness (QED) is 0.210. The maximum absolute atomic E-state index is 9.85. The maximum Gasteiger partial charge on any atom is 0.144 e. The monoisotopic (exact) mass is 422 g/mol. The number of phenolic OH excluding ortho intramolecular Hbond substituents is 2. The highest BCUT2D eigenvalue weighted by Crippen LogP contribution is 2.38. The molecule has 0 amide bonds. The van der Waals surface area contributed by atoms with Gasteiger partial charge in [0.25, 0.3) is 0 Å². The summed E-state index contributed by atoms with van der Waals surface area (Å²) >= 11 is 0. The third kappa shape index (κ3) is 3.77. The van der Waals surface area contributed by atoms with Gasteiger partial charge in [0, 0.05) is 28.5 Å². The highest BCUT2D eigenvalue weighted by atomic mass is 16.5. The molecule has 0 unspecified atom stereocenters. The Bertz CT molecular complexity index is 1450.